The first kappa shape index (κ1) is 13.1. The summed E-state index contributed by atoms with van der Waals surface area (Å²) in [5.74, 6) is 4.37. The summed E-state index contributed by atoms with van der Waals surface area (Å²) in [5.41, 5.74) is 0. The maximum atomic E-state index is 5.53. The largest absolute Gasteiger partial charge is 0.339 e. The molecule has 1 aromatic rings. The summed E-state index contributed by atoms with van der Waals surface area (Å²) < 4.78 is 5.53. The molecule has 3 rings (SSSR count). The molecule has 4 heteroatoms. The maximum absolute atomic E-state index is 5.53. The van der Waals surface area contributed by atoms with Gasteiger partial charge in [-0.25, -0.2) is 0 Å². The minimum Gasteiger partial charge on any atom is -0.339 e. The van der Waals surface area contributed by atoms with Crippen LogP contribution in [0.15, 0.2) is 4.52 Å². The van der Waals surface area contributed by atoms with Gasteiger partial charge in [-0.3, -0.25) is 0 Å². The lowest BCUT2D eigenvalue weighted by Crippen LogP contribution is -2.30. The molecule has 1 N–H and O–H groups in total. The number of aromatic nitrogens is 2. The van der Waals surface area contributed by atoms with E-state index in [1.54, 1.807) is 0 Å². The summed E-state index contributed by atoms with van der Waals surface area (Å²) in [6, 6.07) is 0.410. The Labute approximate surface area is 115 Å². The second-order valence-corrected chi connectivity index (χ2v) is 6.36. The van der Waals surface area contributed by atoms with Crippen molar-refractivity contribution in [1.29, 1.82) is 0 Å². The lowest BCUT2D eigenvalue weighted by atomic mass is 9.88. The van der Waals surface area contributed by atoms with Gasteiger partial charge < -0.3 is 9.84 Å². The Morgan fingerprint density at radius 3 is 2.79 bits per heavy atom. The summed E-state index contributed by atoms with van der Waals surface area (Å²) in [4.78, 5) is 4.71. The van der Waals surface area contributed by atoms with Crippen LogP contribution >= 0.6 is 0 Å². The van der Waals surface area contributed by atoms with Crippen molar-refractivity contribution in [3.05, 3.63) is 11.7 Å². The Balaban J connectivity index is 1.72. The molecule has 2 aliphatic carbocycles. The van der Waals surface area contributed by atoms with Gasteiger partial charge in [0.05, 0.1) is 5.92 Å². The second kappa shape index (κ2) is 5.23. The third-order valence-corrected chi connectivity index (χ3v) is 5.33. The first-order valence-corrected chi connectivity index (χ1v) is 7.73. The lowest BCUT2D eigenvalue weighted by Gasteiger charge is -2.19. The zero-order chi connectivity index (χ0) is 13.4. The minimum atomic E-state index is 0.287. The van der Waals surface area contributed by atoms with Gasteiger partial charge in [0.1, 0.15) is 0 Å². The number of fused-ring (bicyclic) bond motifs is 2. The van der Waals surface area contributed by atoms with Crippen LogP contribution in [-0.2, 0) is 0 Å². The molecule has 2 aliphatic rings. The molecule has 2 fully saturated rings. The molecule has 19 heavy (non-hydrogen) atoms. The van der Waals surface area contributed by atoms with Crippen LogP contribution in [0.3, 0.4) is 0 Å². The number of likely N-dealkylation sites (N-methyl/N-ethyl adjacent to an activating group) is 1. The average molecular weight is 263 g/mol. The highest BCUT2D eigenvalue weighted by molar-refractivity contribution is 5.08. The van der Waals surface area contributed by atoms with Crippen molar-refractivity contribution < 1.29 is 4.52 Å². The summed E-state index contributed by atoms with van der Waals surface area (Å²) in [6.45, 7) is 4.35. The van der Waals surface area contributed by atoms with Crippen LogP contribution in [0.1, 0.15) is 69.5 Å². The molecule has 1 aromatic heterocycles. The van der Waals surface area contributed by atoms with Crippen molar-refractivity contribution in [3.8, 4) is 0 Å². The van der Waals surface area contributed by atoms with Crippen LogP contribution in [0.2, 0.25) is 0 Å². The van der Waals surface area contributed by atoms with E-state index in [4.69, 9.17) is 9.51 Å². The van der Waals surface area contributed by atoms with Crippen molar-refractivity contribution in [2.75, 3.05) is 7.05 Å². The number of nitrogens with zero attached hydrogens (tertiary/aromatic N) is 2. The second-order valence-electron chi connectivity index (χ2n) is 6.36. The normalized spacial score (nSPS) is 32.7. The molecule has 0 saturated heterocycles. The van der Waals surface area contributed by atoms with E-state index in [0.717, 1.165) is 30.0 Å². The average Bonchev–Trinajstić information content (AvgIpc) is 3.15. The van der Waals surface area contributed by atoms with Crippen LogP contribution in [0.4, 0.5) is 0 Å². The SMILES string of the molecule is CCC(NC)C(C)c1nc(C2CC3CCC2C3)no1. The number of hydrogen-bond acceptors (Lipinski definition) is 4. The fraction of sp³-hybridized carbons (Fsp3) is 0.867. The summed E-state index contributed by atoms with van der Waals surface area (Å²) in [6.07, 6.45) is 6.52. The number of rotatable bonds is 5. The van der Waals surface area contributed by atoms with Crippen LogP contribution in [0, 0.1) is 11.8 Å². The Hall–Kier alpha value is -0.900. The molecular weight excluding hydrogens is 238 g/mol. The molecule has 4 nitrogen and oxygen atoms in total. The minimum absolute atomic E-state index is 0.287. The van der Waals surface area contributed by atoms with E-state index in [1.165, 1.54) is 25.7 Å². The Morgan fingerprint density at radius 2 is 2.21 bits per heavy atom. The Kier molecular flexibility index (Phi) is 3.61. The molecular formula is C15H25N3O. The molecule has 0 radical (unpaired) electrons. The zero-order valence-corrected chi connectivity index (χ0v) is 12.2. The molecule has 0 amide bonds. The Bertz CT molecular complexity index is 427. The molecule has 106 valence electrons. The van der Waals surface area contributed by atoms with E-state index in [9.17, 15) is 0 Å². The molecule has 2 bridgehead atoms. The van der Waals surface area contributed by atoms with Crippen molar-refractivity contribution in [1.82, 2.24) is 15.5 Å². The van der Waals surface area contributed by atoms with Crippen LogP contribution in [-0.4, -0.2) is 23.2 Å². The molecule has 1 heterocycles. The zero-order valence-electron chi connectivity index (χ0n) is 12.2. The van der Waals surface area contributed by atoms with Crippen molar-refractivity contribution in [3.63, 3.8) is 0 Å². The lowest BCUT2D eigenvalue weighted by molar-refractivity contribution is 0.317. The van der Waals surface area contributed by atoms with Gasteiger partial charge in [0.15, 0.2) is 5.82 Å². The molecule has 0 spiro atoms. The quantitative estimate of drug-likeness (QED) is 0.887. The summed E-state index contributed by atoms with van der Waals surface area (Å²) in [5, 5.41) is 7.60. The smallest absolute Gasteiger partial charge is 0.231 e. The van der Waals surface area contributed by atoms with Gasteiger partial charge in [-0.2, -0.15) is 4.98 Å². The molecule has 0 aromatic carbocycles. The standard InChI is InChI=1S/C15H25N3O/c1-4-13(16-3)9(2)15-17-14(18-19-15)12-8-10-5-6-11(12)7-10/h9-13,16H,4-8H2,1-3H3. The number of hydrogen-bond donors (Lipinski definition) is 1. The molecule has 5 unspecified atom stereocenters. The van der Waals surface area contributed by atoms with E-state index in [-0.39, 0.29) is 5.92 Å². The molecule has 5 atom stereocenters. The van der Waals surface area contributed by atoms with Gasteiger partial charge >= 0.3 is 0 Å². The van der Waals surface area contributed by atoms with E-state index < -0.39 is 0 Å². The van der Waals surface area contributed by atoms with Crippen molar-refractivity contribution >= 4 is 0 Å². The molecule has 0 aliphatic heterocycles. The highest BCUT2D eigenvalue weighted by Crippen LogP contribution is 2.52. The maximum Gasteiger partial charge on any atom is 0.231 e. The monoisotopic (exact) mass is 263 g/mol. The van der Waals surface area contributed by atoms with Crippen LogP contribution in [0.25, 0.3) is 0 Å². The topological polar surface area (TPSA) is 51.0 Å². The van der Waals surface area contributed by atoms with E-state index in [1.807, 2.05) is 7.05 Å². The summed E-state index contributed by atoms with van der Waals surface area (Å²) >= 11 is 0. The van der Waals surface area contributed by atoms with Crippen LogP contribution in [0.5, 0.6) is 0 Å². The van der Waals surface area contributed by atoms with E-state index in [0.29, 0.717) is 12.0 Å². The van der Waals surface area contributed by atoms with Gasteiger partial charge in [0, 0.05) is 12.0 Å². The van der Waals surface area contributed by atoms with Crippen LogP contribution < -0.4 is 5.32 Å². The highest BCUT2D eigenvalue weighted by atomic mass is 16.5. The third kappa shape index (κ3) is 2.31. The molecule has 2 saturated carbocycles. The van der Waals surface area contributed by atoms with Gasteiger partial charge in [0.25, 0.3) is 0 Å². The predicted octanol–water partition coefficient (Wildman–Crippen LogP) is 3.07. The van der Waals surface area contributed by atoms with Gasteiger partial charge in [0.2, 0.25) is 5.89 Å². The van der Waals surface area contributed by atoms with Crippen molar-refractivity contribution in [2.24, 2.45) is 11.8 Å². The summed E-state index contributed by atoms with van der Waals surface area (Å²) in [7, 11) is 2.00. The first-order valence-electron chi connectivity index (χ1n) is 7.73. The predicted molar refractivity (Wildman–Crippen MR) is 74.0 cm³/mol. The van der Waals surface area contributed by atoms with Gasteiger partial charge in [-0.15, -0.1) is 0 Å². The first-order chi connectivity index (χ1) is 9.22. The van der Waals surface area contributed by atoms with Gasteiger partial charge in [-0.05, 0) is 44.6 Å². The van der Waals surface area contributed by atoms with E-state index in [2.05, 4.69) is 24.3 Å². The van der Waals surface area contributed by atoms with Gasteiger partial charge in [-0.1, -0.05) is 25.4 Å². The fourth-order valence-electron chi connectivity index (χ4n) is 4.12. The third-order valence-electron chi connectivity index (χ3n) is 5.33. The highest BCUT2D eigenvalue weighted by Gasteiger charge is 2.42. The number of nitrogens with one attached hydrogen (secondary N) is 1. The van der Waals surface area contributed by atoms with Crippen molar-refractivity contribution in [2.45, 2.75) is 63.8 Å². The van der Waals surface area contributed by atoms with E-state index >= 15 is 0 Å². The fourth-order valence-corrected chi connectivity index (χ4v) is 4.12. The Morgan fingerprint density at radius 1 is 1.37 bits per heavy atom.